The fourth-order valence-corrected chi connectivity index (χ4v) is 2.83. The lowest BCUT2D eigenvalue weighted by Gasteiger charge is -2.34. The van der Waals surface area contributed by atoms with Crippen molar-refractivity contribution in [1.82, 2.24) is 9.97 Å². The number of hydrogen-bond acceptors (Lipinski definition) is 4. The Labute approximate surface area is 110 Å². The summed E-state index contributed by atoms with van der Waals surface area (Å²) in [6, 6.07) is 2.72. The molecular weight excluding hydrogens is 224 g/mol. The fourth-order valence-electron chi connectivity index (χ4n) is 2.83. The van der Waals surface area contributed by atoms with E-state index in [1.54, 1.807) is 0 Å². The summed E-state index contributed by atoms with van der Waals surface area (Å²) >= 11 is 0. The molecule has 4 nitrogen and oxygen atoms in total. The second-order valence-corrected chi connectivity index (χ2v) is 4.99. The molecule has 0 aromatic carbocycles. The van der Waals surface area contributed by atoms with Crippen LogP contribution < -0.4 is 10.2 Å². The molecule has 100 valence electrons. The van der Waals surface area contributed by atoms with E-state index in [9.17, 15) is 0 Å². The predicted octanol–water partition coefficient (Wildman–Crippen LogP) is 2.99. The Kier molecular flexibility index (Phi) is 4.39. The molecule has 4 heteroatoms. The van der Waals surface area contributed by atoms with E-state index in [1.165, 1.54) is 32.1 Å². The maximum absolute atomic E-state index is 4.60. The minimum absolute atomic E-state index is 0.655. The van der Waals surface area contributed by atoms with Gasteiger partial charge in [-0.25, -0.2) is 9.97 Å². The van der Waals surface area contributed by atoms with Gasteiger partial charge in [0.2, 0.25) is 0 Å². The van der Waals surface area contributed by atoms with Crippen LogP contribution in [-0.4, -0.2) is 29.6 Å². The van der Waals surface area contributed by atoms with E-state index in [0.29, 0.717) is 6.04 Å². The lowest BCUT2D eigenvalue weighted by atomic mass is 9.94. The van der Waals surface area contributed by atoms with Gasteiger partial charge in [-0.2, -0.15) is 0 Å². The first-order valence-electron chi connectivity index (χ1n) is 7.04. The summed E-state index contributed by atoms with van der Waals surface area (Å²) in [5.74, 6) is 2.82. The summed E-state index contributed by atoms with van der Waals surface area (Å²) in [7, 11) is 1.91. The first-order chi connectivity index (χ1) is 8.74. The summed E-state index contributed by atoms with van der Waals surface area (Å²) < 4.78 is 0. The Morgan fingerprint density at radius 2 is 2.00 bits per heavy atom. The maximum atomic E-state index is 4.60. The van der Waals surface area contributed by atoms with Gasteiger partial charge in [-0.05, 0) is 26.7 Å². The zero-order valence-electron chi connectivity index (χ0n) is 11.7. The number of anilines is 2. The molecule has 0 spiro atoms. The zero-order chi connectivity index (χ0) is 13.0. The third kappa shape index (κ3) is 2.92. The Morgan fingerprint density at radius 3 is 2.61 bits per heavy atom. The van der Waals surface area contributed by atoms with E-state index in [0.717, 1.165) is 24.0 Å². The molecule has 0 amide bonds. The molecule has 0 aliphatic heterocycles. The molecule has 1 aliphatic rings. The second-order valence-electron chi connectivity index (χ2n) is 4.99. The number of nitrogens with one attached hydrogen (secondary N) is 1. The zero-order valence-corrected chi connectivity index (χ0v) is 11.7. The molecule has 1 aromatic rings. The van der Waals surface area contributed by atoms with Crippen molar-refractivity contribution in [3.8, 4) is 0 Å². The summed E-state index contributed by atoms with van der Waals surface area (Å²) in [5.41, 5.74) is 0. The minimum Gasteiger partial charge on any atom is -0.373 e. The number of nitrogens with zero attached hydrogens (tertiary/aromatic N) is 3. The van der Waals surface area contributed by atoms with Crippen LogP contribution in [0.5, 0.6) is 0 Å². The van der Waals surface area contributed by atoms with Crippen LogP contribution in [-0.2, 0) is 0 Å². The highest BCUT2D eigenvalue weighted by atomic mass is 15.2. The maximum Gasteiger partial charge on any atom is 0.134 e. The highest BCUT2D eigenvalue weighted by Crippen LogP contribution is 2.27. The topological polar surface area (TPSA) is 41.0 Å². The van der Waals surface area contributed by atoms with Gasteiger partial charge >= 0.3 is 0 Å². The van der Waals surface area contributed by atoms with Gasteiger partial charge in [0.25, 0.3) is 0 Å². The van der Waals surface area contributed by atoms with E-state index in [-0.39, 0.29) is 0 Å². The van der Waals surface area contributed by atoms with Crippen LogP contribution in [0.1, 0.15) is 44.9 Å². The number of aryl methyl sites for hydroxylation is 1. The molecule has 18 heavy (non-hydrogen) atoms. The van der Waals surface area contributed by atoms with E-state index >= 15 is 0 Å². The lowest BCUT2D eigenvalue weighted by Crippen LogP contribution is -2.37. The van der Waals surface area contributed by atoms with Crippen molar-refractivity contribution in [2.45, 2.75) is 52.0 Å². The lowest BCUT2D eigenvalue weighted by molar-refractivity contribution is 0.416. The number of aromatic nitrogens is 2. The monoisotopic (exact) mass is 248 g/mol. The predicted molar refractivity (Wildman–Crippen MR) is 76.2 cm³/mol. The highest BCUT2D eigenvalue weighted by Gasteiger charge is 2.21. The van der Waals surface area contributed by atoms with Crippen molar-refractivity contribution in [3.05, 3.63) is 11.9 Å². The Hall–Kier alpha value is -1.32. The smallest absolute Gasteiger partial charge is 0.134 e. The van der Waals surface area contributed by atoms with Crippen molar-refractivity contribution in [2.75, 3.05) is 23.8 Å². The van der Waals surface area contributed by atoms with Crippen LogP contribution in [0.3, 0.4) is 0 Å². The molecule has 1 N–H and O–H groups in total. The summed E-state index contributed by atoms with van der Waals surface area (Å²) in [6.07, 6.45) is 6.68. The first kappa shape index (κ1) is 13.1. The van der Waals surface area contributed by atoms with Crippen molar-refractivity contribution < 1.29 is 0 Å². The number of hydrogen-bond donors (Lipinski definition) is 1. The Morgan fingerprint density at radius 1 is 1.28 bits per heavy atom. The van der Waals surface area contributed by atoms with E-state index in [1.807, 2.05) is 14.0 Å². The van der Waals surface area contributed by atoms with Crippen LogP contribution >= 0.6 is 0 Å². The van der Waals surface area contributed by atoms with E-state index in [2.05, 4.69) is 33.2 Å². The van der Waals surface area contributed by atoms with Crippen molar-refractivity contribution >= 4 is 11.6 Å². The third-order valence-electron chi connectivity index (χ3n) is 3.73. The Balaban J connectivity index is 2.22. The molecular formula is C14H24N4. The molecule has 0 atom stereocenters. The molecule has 1 aromatic heterocycles. The molecule has 1 aliphatic carbocycles. The van der Waals surface area contributed by atoms with Gasteiger partial charge in [-0.1, -0.05) is 19.3 Å². The molecule has 2 rings (SSSR count). The van der Waals surface area contributed by atoms with Crippen LogP contribution in [0.2, 0.25) is 0 Å². The van der Waals surface area contributed by atoms with Crippen LogP contribution in [0.25, 0.3) is 0 Å². The van der Waals surface area contributed by atoms with Gasteiger partial charge in [0.15, 0.2) is 0 Å². The van der Waals surface area contributed by atoms with Gasteiger partial charge in [0, 0.05) is 25.7 Å². The molecule has 1 fully saturated rings. The SMILES string of the molecule is CCN(c1cc(NC)nc(C)n1)C1CCCCC1. The molecule has 1 saturated carbocycles. The van der Waals surface area contributed by atoms with Crippen LogP contribution in [0.15, 0.2) is 6.07 Å². The van der Waals surface area contributed by atoms with Crippen LogP contribution in [0, 0.1) is 6.92 Å². The molecule has 1 heterocycles. The van der Waals surface area contributed by atoms with Crippen molar-refractivity contribution in [2.24, 2.45) is 0 Å². The third-order valence-corrected chi connectivity index (χ3v) is 3.73. The van der Waals surface area contributed by atoms with Crippen molar-refractivity contribution in [3.63, 3.8) is 0 Å². The average molecular weight is 248 g/mol. The van der Waals surface area contributed by atoms with Gasteiger partial charge < -0.3 is 10.2 Å². The summed E-state index contributed by atoms with van der Waals surface area (Å²) in [6.45, 7) is 5.19. The normalized spacial score (nSPS) is 16.6. The summed E-state index contributed by atoms with van der Waals surface area (Å²) in [5, 5.41) is 3.11. The largest absolute Gasteiger partial charge is 0.373 e. The molecule has 0 unspecified atom stereocenters. The van der Waals surface area contributed by atoms with Crippen LogP contribution in [0.4, 0.5) is 11.6 Å². The van der Waals surface area contributed by atoms with Crippen molar-refractivity contribution in [1.29, 1.82) is 0 Å². The average Bonchev–Trinajstić information content (AvgIpc) is 2.40. The Bertz CT molecular complexity index is 385. The van der Waals surface area contributed by atoms with Gasteiger partial charge in [0.05, 0.1) is 0 Å². The second kappa shape index (κ2) is 6.03. The van der Waals surface area contributed by atoms with Gasteiger partial charge in [-0.15, -0.1) is 0 Å². The molecule has 0 saturated heterocycles. The van der Waals surface area contributed by atoms with E-state index < -0.39 is 0 Å². The standard InChI is InChI=1S/C14H24N4/c1-4-18(12-8-6-5-7-9-12)14-10-13(15-3)16-11(2)17-14/h10,12H,4-9H2,1-3H3,(H,15,16,17). The minimum atomic E-state index is 0.655. The van der Waals surface area contributed by atoms with Gasteiger partial charge in [0.1, 0.15) is 17.5 Å². The molecule has 0 bridgehead atoms. The number of rotatable bonds is 4. The first-order valence-corrected chi connectivity index (χ1v) is 7.04. The summed E-state index contributed by atoms with van der Waals surface area (Å²) in [4.78, 5) is 11.4. The van der Waals surface area contributed by atoms with Gasteiger partial charge in [-0.3, -0.25) is 0 Å². The van der Waals surface area contributed by atoms with E-state index in [4.69, 9.17) is 0 Å². The fraction of sp³-hybridized carbons (Fsp3) is 0.714. The molecule has 0 radical (unpaired) electrons. The highest BCUT2D eigenvalue weighted by molar-refractivity contribution is 5.49. The quantitative estimate of drug-likeness (QED) is 0.889.